The van der Waals surface area contributed by atoms with Gasteiger partial charge >= 0.3 is 6.33 Å². The van der Waals surface area contributed by atoms with Crippen LogP contribution in [0.4, 0.5) is 0 Å². The molecule has 0 fully saturated rings. The van der Waals surface area contributed by atoms with E-state index in [1.807, 2.05) is 0 Å². The zero-order valence-electron chi connectivity index (χ0n) is 6.60. The molecule has 0 bridgehead atoms. The highest BCUT2D eigenvalue weighted by atomic mass is 16.5. The largest absolute Gasteiger partial charge is 0.710 e. The van der Waals surface area contributed by atoms with Gasteiger partial charge in [0.25, 0.3) is 0 Å². The summed E-state index contributed by atoms with van der Waals surface area (Å²) < 4.78 is 0.455. The first-order chi connectivity index (χ1) is 6.29. The van der Waals surface area contributed by atoms with Crippen molar-refractivity contribution in [2.24, 2.45) is 0 Å². The molecular weight excluding hydrogens is 170 g/mol. The average Bonchev–Trinajstić information content (AvgIpc) is 2.52. The van der Waals surface area contributed by atoms with Gasteiger partial charge in [-0.05, 0) is 11.1 Å². The van der Waals surface area contributed by atoms with E-state index in [4.69, 9.17) is 0 Å². The molecule has 1 aliphatic heterocycles. The molecule has 2 rings (SSSR count). The molecule has 0 saturated carbocycles. The highest BCUT2D eigenvalue weighted by Crippen LogP contribution is 2.04. The van der Waals surface area contributed by atoms with Gasteiger partial charge in [0.15, 0.2) is 11.4 Å². The molecule has 65 valence electrons. The van der Waals surface area contributed by atoms with Crippen LogP contribution < -0.4 is 9.79 Å². The Bertz CT molecular complexity index is 387. The van der Waals surface area contributed by atoms with Crippen molar-refractivity contribution in [3.05, 3.63) is 53.1 Å². The monoisotopic (exact) mass is 176 g/mol. The fourth-order valence-electron chi connectivity index (χ4n) is 1.13. The number of quaternary nitrogens is 1. The van der Waals surface area contributed by atoms with Crippen LogP contribution in [-0.4, -0.2) is 4.98 Å². The second-order valence-electron chi connectivity index (χ2n) is 2.53. The van der Waals surface area contributed by atoms with Crippen LogP contribution in [0.15, 0.2) is 30.6 Å². The van der Waals surface area contributed by atoms with Crippen molar-refractivity contribution in [3.63, 3.8) is 0 Å². The minimum Gasteiger partial charge on any atom is -0.710 e. The minimum absolute atomic E-state index is 0.163. The van der Waals surface area contributed by atoms with Crippen LogP contribution in [0.3, 0.4) is 0 Å². The molecule has 1 aromatic rings. The molecule has 1 radical (unpaired) electrons. The van der Waals surface area contributed by atoms with Gasteiger partial charge in [0.1, 0.15) is 6.20 Å². The normalized spacial score (nSPS) is 20.4. The number of aromatic nitrogens is 2. The number of allylic oxidation sites excluding steroid dienone is 2. The summed E-state index contributed by atoms with van der Waals surface area (Å²) in [7, 11) is 0. The molecule has 1 atom stereocenters. The Morgan fingerprint density at radius 3 is 3.00 bits per heavy atom. The van der Waals surface area contributed by atoms with E-state index in [1.54, 1.807) is 12.2 Å². The Morgan fingerprint density at radius 2 is 2.38 bits per heavy atom. The van der Waals surface area contributed by atoms with Crippen molar-refractivity contribution in [1.29, 1.82) is 0 Å². The summed E-state index contributed by atoms with van der Waals surface area (Å²) in [6.45, 7) is 0. The highest BCUT2D eigenvalue weighted by molar-refractivity contribution is 5.56. The molecular formula is C8H6N3O2. The summed E-state index contributed by atoms with van der Waals surface area (Å²) in [5.74, 6) is 0. The molecule has 2 heterocycles. The molecule has 0 amide bonds. The molecule has 0 aromatic carbocycles. The smallest absolute Gasteiger partial charge is 0.422 e. The van der Waals surface area contributed by atoms with Gasteiger partial charge in [-0.15, -0.1) is 0 Å². The predicted octanol–water partition coefficient (Wildman–Crippen LogP) is -1.23. The van der Waals surface area contributed by atoms with Crippen molar-refractivity contribution < 1.29 is 9.79 Å². The maximum absolute atomic E-state index is 11.2. The van der Waals surface area contributed by atoms with Gasteiger partial charge in [0, 0.05) is 12.1 Å². The zero-order valence-corrected chi connectivity index (χ0v) is 6.60. The lowest BCUT2D eigenvalue weighted by Crippen LogP contribution is -2.98. The van der Waals surface area contributed by atoms with Crippen LogP contribution in [0.1, 0.15) is 5.69 Å². The first-order valence-corrected chi connectivity index (χ1v) is 3.68. The number of rotatable bonds is 1. The maximum atomic E-state index is 11.2. The number of nitrogens with one attached hydrogen (secondary N) is 1. The van der Waals surface area contributed by atoms with E-state index in [-0.39, 0.29) is 10.8 Å². The van der Waals surface area contributed by atoms with Gasteiger partial charge in [0.2, 0.25) is 0 Å². The summed E-state index contributed by atoms with van der Waals surface area (Å²) in [5.41, 5.74) is 0.665. The summed E-state index contributed by atoms with van der Waals surface area (Å²) in [6, 6.07) is 1.49. The van der Waals surface area contributed by atoms with Gasteiger partial charge in [0.05, 0.1) is 6.20 Å². The second kappa shape index (κ2) is 2.96. The number of hydroxylamine groups is 2. The summed E-state index contributed by atoms with van der Waals surface area (Å²) >= 11 is 0. The highest BCUT2D eigenvalue weighted by Gasteiger charge is 2.16. The average molecular weight is 176 g/mol. The molecule has 13 heavy (non-hydrogen) atoms. The van der Waals surface area contributed by atoms with E-state index >= 15 is 0 Å². The minimum atomic E-state index is -0.163. The van der Waals surface area contributed by atoms with Crippen LogP contribution in [0.25, 0.3) is 5.70 Å². The van der Waals surface area contributed by atoms with E-state index < -0.39 is 0 Å². The van der Waals surface area contributed by atoms with Crippen molar-refractivity contribution in [1.82, 2.24) is 4.98 Å². The van der Waals surface area contributed by atoms with Crippen LogP contribution in [0.2, 0.25) is 0 Å². The standard InChI is InChI=1S/C8H6N3O2/c12-10-5-1-2-7(10)8-3-4-9-6-11(8)13/h1-5,10H. The molecule has 1 unspecified atom stereocenters. The Morgan fingerprint density at radius 1 is 1.54 bits per heavy atom. The molecule has 5 nitrogen and oxygen atoms in total. The molecule has 5 heteroatoms. The Kier molecular flexibility index (Phi) is 1.80. The van der Waals surface area contributed by atoms with E-state index in [0.29, 0.717) is 10.4 Å². The lowest BCUT2D eigenvalue weighted by Gasteiger charge is -2.16. The number of hydrogen-bond acceptors (Lipinski definition) is 3. The summed E-state index contributed by atoms with van der Waals surface area (Å²) in [4.78, 5) is 3.51. The quantitative estimate of drug-likeness (QED) is 0.430. The first kappa shape index (κ1) is 7.90. The number of nitrogens with zero attached hydrogens (tertiary/aromatic N) is 2. The van der Waals surface area contributed by atoms with Crippen LogP contribution in [0, 0.1) is 16.7 Å². The molecule has 1 N–H and O–H groups in total. The predicted molar refractivity (Wildman–Crippen MR) is 43.5 cm³/mol. The van der Waals surface area contributed by atoms with Gasteiger partial charge in [-0.2, -0.15) is 0 Å². The third-order valence-electron chi connectivity index (χ3n) is 1.73. The fraction of sp³-hybridized carbons (Fsp3) is 0. The topological polar surface area (TPSA) is 67.3 Å². The summed E-state index contributed by atoms with van der Waals surface area (Å²) in [6.07, 6.45) is 8.23. The first-order valence-electron chi connectivity index (χ1n) is 3.68. The van der Waals surface area contributed by atoms with Crippen molar-refractivity contribution in [2.75, 3.05) is 0 Å². The molecule has 0 saturated heterocycles. The van der Waals surface area contributed by atoms with E-state index in [2.05, 4.69) is 11.3 Å². The lowest BCUT2D eigenvalue weighted by molar-refractivity contribution is -0.716. The maximum Gasteiger partial charge on any atom is 0.422 e. The SMILES string of the molecule is [O-][n+]1[c]nccc1C1=CC=C[NH+]1[O-]. The van der Waals surface area contributed by atoms with Crippen LogP contribution in [0.5, 0.6) is 0 Å². The molecule has 1 aliphatic rings. The zero-order chi connectivity index (χ0) is 9.26. The van der Waals surface area contributed by atoms with Gasteiger partial charge in [-0.1, -0.05) is 0 Å². The van der Waals surface area contributed by atoms with Gasteiger partial charge in [-0.3, -0.25) is 0 Å². The summed E-state index contributed by atoms with van der Waals surface area (Å²) in [5, 5.41) is 22.2. The van der Waals surface area contributed by atoms with Crippen LogP contribution >= 0.6 is 0 Å². The Labute approximate surface area is 74.4 Å². The third-order valence-corrected chi connectivity index (χ3v) is 1.73. The Balaban J connectivity index is 2.42. The van der Waals surface area contributed by atoms with Crippen molar-refractivity contribution in [3.8, 4) is 0 Å². The van der Waals surface area contributed by atoms with Crippen LogP contribution in [-0.2, 0) is 0 Å². The lowest BCUT2D eigenvalue weighted by atomic mass is 10.3. The molecule has 0 spiro atoms. The molecule has 0 aliphatic carbocycles. The van der Waals surface area contributed by atoms with E-state index in [9.17, 15) is 10.4 Å². The Hall–Kier alpha value is -1.72. The van der Waals surface area contributed by atoms with Crippen molar-refractivity contribution in [2.45, 2.75) is 0 Å². The van der Waals surface area contributed by atoms with E-state index in [0.717, 1.165) is 0 Å². The molecule has 1 aromatic heterocycles. The second-order valence-corrected chi connectivity index (χ2v) is 2.53. The third kappa shape index (κ3) is 1.30. The number of hydrogen-bond donors (Lipinski definition) is 1. The fourth-order valence-corrected chi connectivity index (χ4v) is 1.13. The van der Waals surface area contributed by atoms with Gasteiger partial charge < -0.3 is 15.5 Å². The van der Waals surface area contributed by atoms with Gasteiger partial charge in [-0.25, -0.2) is 4.73 Å². The van der Waals surface area contributed by atoms with Crippen molar-refractivity contribution >= 4 is 5.70 Å². The van der Waals surface area contributed by atoms with E-state index in [1.165, 1.54) is 18.5 Å².